The summed E-state index contributed by atoms with van der Waals surface area (Å²) in [6.07, 6.45) is 0. The Hall–Kier alpha value is -0.550. The Morgan fingerprint density at radius 2 is 1.57 bits per heavy atom. The first kappa shape index (κ1) is 13.4. The van der Waals surface area contributed by atoms with E-state index in [1.54, 1.807) is 0 Å². The Kier molecular flexibility index (Phi) is 5.15. The number of carboxylic acids is 2. The molecule has 0 aliphatic heterocycles. The Bertz CT molecular complexity index is 378. The van der Waals surface area contributed by atoms with E-state index in [-0.39, 0.29) is 34.6 Å². The van der Waals surface area contributed by atoms with E-state index in [0.717, 1.165) is 12.1 Å². The van der Waals surface area contributed by atoms with E-state index in [2.05, 4.69) is 0 Å². The van der Waals surface area contributed by atoms with Crippen molar-refractivity contribution < 1.29 is 49.4 Å². The summed E-state index contributed by atoms with van der Waals surface area (Å²) in [6.45, 7) is 0. The fraction of sp³-hybridized carbons (Fsp3) is 0. The largest absolute Gasteiger partial charge is 1.00 e. The topological polar surface area (TPSA) is 80.3 Å². The maximum absolute atomic E-state index is 10.4. The van der Waals surface area contributed by atoms with Crippen molar-refractivity contribution in [3.8, 4) is 0 Å². The van der Waals surface area contributed by atoms with Crippen LogP contribution in [0.25, 0.3) is 0 Å². The van der Waals surface area contributed by atoms with Crippen LogP contribution in [-0.4, -0.2) is 11.9 Å². The number of carboxylic acid groups (broad SMARTS) is 2. The van der Waals surface area contributed by atoms with Gasteiger partial charge in [0.1, 0.15) is 0 Å². The van der Waals surface area contributed by atoms with Gasteiger partial charge in [0, 0.05) is 16.1 Å². The summed E-state index contributed by atoms with van der Waals surface area (Å²) >= 11 is 5.46. The number of hydrogen-bond donors (Lipinski definition) is 0. The fourth-order valence-corrected chi connectivity index (χ4v) is 1.04. The average Bonchev–Trinajstić information content (AvgIpc) is 2.03. The van der Waals surface area contributed by atoms with Crippen LogP contribution in [0.3, 0.4) is 0 Å². The molecule has 0 radical (unpaired) electrons. The van der Waals surface area contributed by atoms with Crippen molar-refractivity contribution in [1.29, 1.82) is 0 Å². The number of halogens is 1. The van der Waals surface area contributed by atoms with Crippen molar-refractivity contribution in [1.82, 2.24) is 0 Å². The van der Waals surface area contributed by atoms with E-state index < -0.39 is 23.1 Å². The van der Waals surface area contributed by atoms with Gasteiger partial charge in [0.15, 0.2) is 0 Å². The van der Waals surface area contributed by atoms with Crippen LogP contribution in [0.5, 0.6) is 0 Å². The molecule has 0 aromatic heterocycles. The summed E-state index contributed by atoms with van der Waals surface area (Å²) in [7, 11) is 0. The molecule has 0 amide bonds. The molecule has 68 valence electrons. The minimum atomic E-state index is -1.60. The predicted molar refractivity (Wildman–Crippen MR) is 40.1 cm³/mol. The second-order valence-electron chi connectivity index (χ2n) is 2.26. The molecular weight excluding hydrogens is 219 g/mol. The number of rotatable bonds is 2. The van der Waals surface area contributed by atoms with Gasteiger partial charge >= 0.3 is 29.6 Å². The van der Waals surface area contributed by atoms with Crippen LogP contribution in [0.2, 0.25) is 5.02 Å². The molecule has 0 bridgehead atoms. The zero-order valence-electron chi connectivity index (χ0n) is 7.24. The molecular formula is C8H3ClNaO4-. The summed E-state index contributed by atoms with van der Waals surface area (Å²) in [5, 5.41) is 20.9. The van der Waals surface area contributed by atoms with Crippen molar-refractivity contribution in [2.45, 2.75) is 0 Å². The molecule has 0 aliphatic carbocycles. The van der Waals surface area contributed by atoms with Gasteiger partial charge in [-0.05, 0) is 12.1 Å². The van der Waals surface area contributed by atoms with Crippen molar-refractivity contribution in [3.63, 3.8) is 0 Å². The quantitative estimate of drug-likeness (QED) is 0.478. The Labute approximate surface area is 107 Å². The normalized spacial score (nSPS) is 8.93. The number of aromatic carboxylic acids is 2. The number of carbonyl (C=O) groups is 2. The first-order valence-corrected chi connectivity index (χ1v) is 3.62. The number of carbonyl (C=O) groups excluding carboxylic acids is 2. The van der Waals surface area contributed by atoms with Crippen molar-refractivity contribution in [2.24, 2.45) is 0 Å². The molecule has 0 atom stereocenters. The summed E-state index contributed by atoms with van der Waals surface area (Å²) in [5.74, 6) is -3.17. The number of hydrogen-bond acceptors (Lipinski definition) is 4. The molecule has 0 saturated carbocycles. The van der Waals surface area contributed by atoms with Gasteiger partial charge in [0.25, 0.3) is 0 Å². The standard InChI is InChI=1S/C8H5ClO4.Na/c9-4-1-2-5(7(10)11)6(3-4)8(12)13;/h1-3H,(H,10,11)(H,12,13);/q;+1/p-2. The van der Waals surface area contributed by atoms with Crippen molar-refractivity contribution in [3.05, 3.63) is 34.3 Å². The zero-order valence-corrected chi connectivity index (χ0v) is 10.00. The molecule has 0 spiro atoms. The third-order valence-electron chi connectivity index (χ3n) is 1.42. The molecule has 0 aliphatic rings. The van der Waals surface area contributed by atoms with Crippen molar-refractivity contribution >= 4 is 23.5 Å². The number of benzene rings is 1. The van der Waals surface area contributed by atoms with Crippen LogP contribution < -0.4 is 39.8 Å². The SMILES string of the molecule is O=C([O-])c1ccc(Cl)cc1C(=O)[O-].[Na+]. The molecule has 1 aromatic rings. The van der Waals surface area contributed by atoms with Gasteiger partial charge < -0.3 is 19.8 Å². The zero-order chi connectivity index (χ0) is 10.0. The van der Waals surface area contributed by atoms with Crippen LogP contribution in [0.15, 0.2) is 18.2 Å². The van der Waals surface area contributed by atoms with Gasteiger partial charge in [-0.25, -0.2) is 0 Å². The van der Waals surface area contributed by atoms with E-state index in [4.69, 9.17) is 11.6 Å². The van der Waals surface area contributed by atoms with E-state index in [9.17, 15) is 19.8 Å². The van der Waals surface area contributed by atoms with Gasteiger partial charge in [-0.3, -0.25) is 0 Å². The van der Waals surface area contributed by atoms with Crippen LogP contribution in [0.4, 0.5) is 0 Å². The van der Waals surface area contributed by atoms with Gasteiger partial charge in [-0.2, -0.15) is 0 Å². The molecule has 14 heavy (non-hydrogen) atoms. The maximum atomic E-state index is 10.4. The van der Waals surface area contributed by atoms with Crippen LogP contribution >= 0.6 is 11.6 Å². The van der Waals surface area contributed by atoms with Crippen molar-refractivity contribution in [2.75, 3.05) is 0 Å². The monoisotopic (exact) mass is 221 g/mol. The fourth-order valence-electron chi connectivity index (χ4n) is 0.863. The third kappa shape index (κ3) is 2.99. The molecule has 0 heterocycles. The minimum absolute atomic E-state index is 0. The Morgan fingerprint density at radius 1 is 1.07 bits per heavy atom. The maximum Gasteiger partial charge on any atom is 1.00 e. The molecule has 4 nitrogen and oxygen atoms in total. The van der Waals surface area contributed by atoms with E-state index in [1.165, 1.54) is 6.07 Å². The van der Waals surface area contributed by atoms with Gasteiger partial charge in [-0.1, -0.05) is 17.7 Å². The predicted octanol–water partition coefficient (Wildman–Crippen LogP) is -3.93. The van der Waals surface area contributed by atoms with Gasteiger partial charge in [-0.15, -0.1) is 0 Å². The second kappa shape index (κ2) is 5.36. The molecule has 0 saturated heterocycles. The van der Waals surface area contributed by atoms with Gasteiger partial charge in [0.2, 0.25) is 0 Å². The minimum Gasteiger partial charge on any atom is -0.545 e. The van der Waals surface area contributed by atoms with E-state index >= 15 is 0 Å². The molecule has 1 rings (SSSR count). The van der Waals surface area contributed by atoms with Crippen LogP contribution in [-0.2, 0) is 0 Å². The molecule has 0 fully saturated rings. The smallest absolute Gasteiger partial charge is 0.545 e. The molecule has 0 N–H and O–H groups in total. The second-order valence-corrected chi connectivity index (χ2v) is 2.70. The molecule has 6 heteroatoms. The molecule has 1 aromatic carbocycles. The summed E-state index contributed by atoms with van der Waals surface area (Å²) < 4.78 is 0. The average molecular weight is 222 g/mol. The van der Waals surface area contributed by atoms with Gasteiger partial charge in [0.05, 0.1) is 11.9 Å². The van der Waals surface area contributed by atoms with Crippen LogP contribution in [0, 0.1) is 0 Å². The Balaban J connectivity index is 0.00000169. The van der Waals surface area contributed by atoms with E-state index in [0.29, 0.717) is 0 Å². The van der Waals surface area contributed by atoms with Crippen LogP contribution in [0.1, 0.15) is 20.7 Å². The molecule has 0 unspecified atom stereocenters. The first-order chi connectivity index (χ1) is 6.02. The van der Waals surface area contributed by atoms with E-state index in [1.807, 2.05) is 0 Å². The first-order valence-electron chi connectivity index (χ1n) is 3.24. The summed E-state index contributed by atoms with van der Waals surface area (Å²) in [5.41, 5.74) is -0.920. The Morgan fingerprint density at radius 3 is 2.00 bits per heavy atom. The summed E-state index contributed by atoms with van der Waals surface area (Å²) in [4.78, 5) is 20.8. The summed E-state index contributed by atoms with van der Waals surface area (Å²) in [6, 6.07) is 3.32. The third-order valence-corrected chi connectivity index (χ3v) is 1.66.